The molecule has 4 heteroatoms. The van der Waals surface area contributed by atoms with E-state index < -0.39 is 0 Å². The molecule has 1 unspecified atom stereocenters. The minimum absolute atomic E-state index is 0.0154. The molecule has 0 aliphatic carbocycles. The van der Waals surface area contributed by atoms with E-state index in [-0.39, 0.29) is 24.5 Å². The van der Waals surface area contributed by atoms with Crippen LogP contribution in [0.1, 0.15) is 24.3 Å². The average Bonchev–Trinajstić information content (AvgIpc) is 3.04. The molecule has 1 N–H and O–H groups in total. The van der Waals surface area contributed by atoms with Gasteiger partial charge in [-0.25, -0.2) is 0 Å². The highest BCUT2D eigenvalue weighted by Crippen LogP contribution is 2.40. The van der Waals surface area contributed by atoms with Crippen LogP contribution in [0.15, 0.2) is 29.2 Å². The molecule has 0 aromatic heterocycles. The van der Waals surface area contributed by atoms with E-state index >= 15 is 0 Å². The van der Waals surface area contributed by atoms with Crippen LogP contribution in [0.4, 0.5) is 0 Å². The van der Waals surface area contributed by atoms with Crippen LogP contribution in [-0.2, 0) is 4.79 Å². The monoisotopic (exact) mass is 263 g/mol. The molecule has 96 valence electrons. The number of likely N-dealkylation sites (tertiary alicyclic amines) is 1. The predicted molar refractivity (Wildman–Crippen MR) is 71.7 cm³/mol. The quantitative estimate of drug-likeness (QED) is 0.885. The number of nitrogens with zero attached hydrogens (tertiary/aromatic N) is 1. The van der Waals surface area contributed by atoms with Gasteiger partial charge in [-0.05, 0) is 24.5 Å². The highest BCUT2D eigenvalue weighted by molar-refractivity contribution is 7.99. The molecule has 1 aromatic rings. The first-order valence-electron chi connectivity index (χ1n) is 6.44. The van der Waals surface area contributed by atoms with Crippen molar-refractivity contribution in [1.29, 1.82) is 0 Å². The summed E-state index contributed by atoms with van der Waals surface area (Å²) in [6, 6.07) is 8.20. The minimum atomic E-state index is -0.0154. The normalized spacial score (nSPS) is 26.4. The fourth-order valence-electron chi connectivity index (χ4n) is 2.88. The maximum absolute atomic E-state index is 12.6. The third-order valence-corrected chi connectivity index (χ3v) is 5.05. The van der Waals surface area contributed by atoms with Gasteiger partial charge in [-0.1, -0.05) is 18.2 Å². The van der Waals surface area contributed by atoms with E-state index in [4.69, 9.17) is 0 Å². The van der Waals surface area contributed by atoms with Crippen molar-refractivity contribution in [3.63, 3.8) is 0 Å². The Morgan fingerprint density at radius 2 is 2.28 bits per heavy atom. The first-order chi connectivity index (χ1) is 8.81. The van der Waals surface area contributed by atoms with E-state index in [1.54, 1.807) is 11.8 Å². The molecule has 1 fully saturated rings. The minimum Gasteiger partial charge on any atom is -0.394 e. The highest BCUT2D eigenvalue weighted by Gasteiger charge is 2.36. The molecule has 0 spiro atoms. The molecule has 0 saturated carbocycles. The fraction of sp³-hybridized carbons (Fsp3) is 0.500. The summed E-state index contributed by atoms with van der Waals surface area (Å²) < 4.78 is 0. The number of benzene rings is 1. The summed E-state index contributed by atoms with van der Waals surface area (Å²) in [5.41, 5.74) is 1.16. The second kappa shape index (κ2) is 4.94. The van der Waals surface area contributed by atoms with Crippen molar-refractivity contribution >= 4 is 17.7 Å². The van der Waals surface area contributed by atoms with Crippen LogP contribution in [0.25, 0.3) is 0 Å². The lowest BCUT2D eigenvalue weighted by Crippen LogP contribution is -2.40. The Kier molecular flexibility index (Phi) is 3.31. The van der Waals surface area contributed by atoms with E-state index in [9.17, 15) is 9.90 Å². The van der Waals surface area contributed by atoms with Crippen molar-refractivity contribution < 1.29 is 9.90 Å². The second-order valence-corrected chi connectivity index (χ2v) is 5.97. The van der Waals surface area contributed by atoms with Gasteiger partial charge >= 0.3 is 0 Å². The van der Waals surface area contributed by atoms with Crippen molar-refractivity contribution in [2.24, 2.45) is 0 Å². The predicted octanol–water partition coefficient (Wildman–Crippen LogP) is 1.86. The molecule has 2 aliphatic rings. The van der Waals surface area contributed by atoms with E-state index in [0.717, 1.165) is 30.7 Å². The maximum Gasteiger partial charge on any atom is 0.231 e. The Balaban J connectivity index is 1.82. The Hall–Kier alpha value is -1.00. The fourth-order valence-corrected chi connectivity index (χ4v) is 4.10. The molecule has 3 nitrogen and oxygen atoms in total. The number of aliphatic hydroxyl groups excluding tert-OH is 1. The summed E-state index contributed by atoms with van der Waals surface area (Å²) in [6.45, 7) is 0.890. The zero-order valence-electron chi connectivity index (χ0n) is 10.2. The number of aliphatic hydroxyl groups is 1. The first kappa shape index (κ1) is 12.1. The summed E-state index contributed by atoms with van der Waals surface area (Å²) in [6.07, 6.45) is 1.95. The van der Waals surface area contributed by atoms with Gasteiger partial charge in [-0.15, -0.1) is 11.8 Å². The first-order valence-corrected chi connectivity index (χ1v) is 7.43. The van der Waals surface area contributed by atoms with E-state index in [1.165, 1.54) is 4.90 Å². The molecule has 1 aromatic carbocycles. The molecule has 2 aliphatic heterocycles. The summed E-state index contributed by atoms with van der Waals surface area (Å²) in [5.74, 6) is 1.02. The summed E-state index contributed by atoms with van der Waals surface area (Å²) in [5, 5.41) is 9.32. The van der Waals surface area contributed by atoms with Gasteiger partial charge in [0.15, 0.2) is 0 Å². The standard InChI is InChI=1S/C14H17NO2S/c16-8-10-4-3-7-15(10)14(17)12-9-18-13-6-2-1-5-11(12)13/h1-2,5-6,10,12,16H,3-4,7-9H2/t10-,12?/m0/s1. The van der Waals surface area contributed by atoms with Crippen molar-refractivity contribution in [1.82, 2.24) is 4.90 Å². The van der Waals surface area contributed by atoms with Gasteiger partial charge in [-0.2, -0.15) is 0 Å². The maximum atomic E-state index is 12.6. The third-order valence-electron chi connectivity index (χ3n) is 3.87. The van der Waals surface area contributed by atoms with Gasteiger partial charge in [0.1, 0.15) is 0 Å². The van der Waals surface area contributed by atoms with Gasteiger partial charge in [0.05, 0.1) is 18.6 Å². The van der Waals surface area contributed by atoms with Crippen LogP contribution < -0.4 is 0 Å². The van der Waals surface area contributed by atoms with Gasteiger partial charge < -0.3 is 10.0 Å². The number of hydrogen-bond acceptors (Lipinski definition) is 3. The van der Waals surface area contributed by atoms with Crippen molar-refractivity contribution in [2.75, 3.05) is 18.9 Å². The molecule has 1 amide bonds. The Bertz CT molecular complexity index is 463. The average molecular weight is 263 g/mol. The largest absolute Gasteiger partial charge is 0.394 e. The molecule has 2 heterocycles. The molecule has 1 saturated heterocycles. The zero-order valence-corrected chi connectivity index (χ0v) is 11.0. The number of thioether (sulfide) groups is 1. The van der Waals surface area contributed by atoms with Crippen LogP contribution in [0, 0.1) is 0 Å². The van der Waals surface area contributed by atoms with Crippen molar-refractivity contribution in [2.45, 2.75) is 29.7 Å². The molecule has 0 radical (unpaired) electrons. The summed E-state index contributed by atoms with van der Waals surface area (Å²) in [7, 11) is 0. The number of hydrogen-bond donors (Lipinski definition) is 1. The van der Waals surface area contributed by atoms with Crippen molar-refractivity contribution in [3.8, 4) is 0 Å². The number of carbonyl (C=O) groups is 1. The Labute approximate surface area is 111 Å². The molecule has 3 rings (SSSR count). The topological polar surface area (TPSA) is 40.5 Å². The van der Waals surface area contributed by atoms with E-state index in [1.807, 2.05) is 17.0 Å². The molecular weight excluding hydrogens is 246 g/mol. The van der Waals surface area contributed by atoms with E-state index in [2.05, 4.69) is 12.1 Å². The van der Waals surface area contributed by atoms with Gasteiger partial charge in [-0.3, -0.25) is 4.79 Å². The molecule has 0 bridgehead atoms. The van der Waals surface area contributed by atoms with Crippen LogP contribution in [0.5, 0.6) is 0 Å². The second-order valence-electron chi connectivity index (χ2n) is 4.91. The number of carbonyl (C=O) groups excluding carboxylic acids is 1. The van der Waals surface area contributed by atoms with E-state index in [0.29, 0.717) is 0 Å². The van der Waals surface area contributed by atoms with Crippen LogP contribution >= 0.6 is 11.8 Å². The molecule has 18 heavy (non-hydrogen) atoms. The lowest BCUT2D eigenvalue weighted by molar-refractivity contribution is -0.133. The van der Waals surface area contributed by atoms with Gasteiger partial charge in [0.2, 0.25) is 5.91 Å². The Morgan fingerprint density at radius 3 is 3.11 bits per heavy atom. The summed E-state index contributed by atoms with van der Waals surface area (Å²) in [4.78, 5) is 15.7. The van der Waals surface area contributed by atoms with Crippen LogP contribution in [0.3, 0.4) is 0 Å². The summed E-state index contributed by atoms with van der Waals surface area (Å²) >= 11 is 1.76. The van der Waals surface area contributed by atoms with Crippen LogP contribution in [-0.4, -0.2) is 40.9 Å². The highest BCUT2D eigenvalue weighted by atomic mass is 32.2. The van der Waals surface area contributed by atoms with Gasteiger partial charge in [0, 0.05) is 17.2 Å². The number of rotatable bonds is 2. The third kappa shape index (κ3) is 1.93. The lowest BCUT2D eigenvalue weighted by Gasteiger charge is -2.26. The smallest absolute Gasteiger partial charge is 0.231 e. The van der Waals surface area contributed by atoms with Gasteiger partial charge in [0.25, 0.3) is 0 Å². The SMILES string of the molecule is O=C(C1CSc2ccccc21)N1CCC[C@H]1CO. The van der Waals surface area contributed by atoms with Crippen LogP contribution in [0.2, 0.25) is 0 Å². The zero-order chi connectivity index (χ0) is 12.5. The molecular formula is C14H17NO2S. The number of fused-ring (bicyclic) bond motifs is 1. The Morgan fingerprint density at radius 1 is 1.44 bits per heavy atom. The van der Waals surface area contributed by atoms with Crippen molar-refractivity contribution in [3.05, 3.63) is 29.8 Å². The molecule has 2 atom stereocenters. The lowest BCUT2D eigenvalue weighted by atomic mass is 9.99. The number of amides is 1.